The van der Waals surface area contributed by atoms with E-state index in [0.29, 0.717) is 11.3 Å². The van der Waals surface area contributed by atoms with E-state index in [1.807, 2.05) is 49.4 Å². The Morgan fingerprint density at radius 2 is 1.87 bits per heavy atom. The van der Waals surface area contributed by atoms with Gasteiger partial charge >= 0.3 is 0 Å². The first-order valence-electron chi connectivity index (χ1n) is 9.30. The first-order valence-corrected chi connectivity index (χ1v) is 11.2. The van der Waals surface area contributed by atoms with Crippen molar-refractivity contribution in [2.45, 2.75) is 24.4 Å². The van der Waals surface area contributed by atoms with Crippen molar-refractivity contribution < 1.29 is 17.3 Å². The molecule has 0 saturated heterocycles. The second kappa shape index (κ2) is 8.74. The molecule has 2 aromatic carbocycles. The molecule has 2 heterocycles. The number of sulfone groups is 1. The number of nitrogens with two attached hydrogens (primary N) is 1. The van der Waals surface area contributed by atoms with Crippen molar-refractivity contribution in [1.82, 2.24) is 10.1 Å². The maximum atomic E-state index is 14.3. The Bertz CT molecular complexity index is 1360. The summed E-state index contributed by atoms with van der Waals surface area (Å²) in [5, 5.41) is 4.89. The largest absolute Gasteiger partial charge is 0.356 e. The van der Waals surface area contributed by atoms with Crippen LogP contribution in [-0.2, 0) is 16.3 Å². The highest BCUT2D eigenvalue weighted by Crippen LogP contribution is 2.33. The average molecular weight is 462 g/mol. The van der Waals surface area contributed by atoms with Crippen LogP contribution in [0.2, 0.25) is 0 Å². The summed E-state index contributed by atoms with van der Waals surface area (Å²) in [4.78, 5) is 3.98. The van der Waals surface area contributed by atoms with E-state index in [0.717, 1.165) is 40.5 Å². The van der Waals surface area contributed by atoms with Gasteiger partial charge in [-0.15, -0.1) is 12.4 Å². The second-order valence-electron chi connectivity index (χ2n) is 7.28. The summed E-state index contributed by atoms with van der Waals surface area (Å²) in [6, 6.07) is 14.9. The summed E-state index contributed by atoms with van der Waals surface area (Å²) in [5.41, 5.74) is 10.3. The van der Waals surface area contributed by atoms with Crippen LogP contribution in [0, 0.1) is 12.7 Å². The predicted octanol–water partition coefficient (Wildman–Crippen LogP) is 4.41. The Morgan fingerprint density at radius 3 is 2.61 bits per heavy atom. The molecule has 0 amide bonds. The molecule has 162 valence electrons. The fourth-order valence-electron chi connectivity index (χ4n) is 3.41. The molecule has 2 N–H and O–H groups in total. The standard InChI is InChI=1S/C22H20FN3O3S.ClH/c1-13-7-8-16-20(11-13)29-26-22(16)15-6-4-3-5-14(15)18(24)12-19-17(23)9-10-21(25-19)30(2,27)28;/h3-11,18H,12,24H2,1-2H3;1H. The van der Waals surface area contributed by atoms with E-state index in [4.69, 9.17) is 10.3 Å². The third-order valence-electron chi connectivity index (χ3n) is 4.93. The molecule has 0 bridgehead atoms. The van der Waals surface area contributed by atoms with Crippen molar-refractivity contribution in [1.29, 1.82) is 0 Å². The van der Waals surface area contributed by atoms with Gasteiger partial charge in [0, 0.05) is 29.7 Å². The zero-order valence-corrected chi connectivity index (χ0v) is 18.5. The van der Waals surface area contributed by atoms with Crippen molar-refractivity contribution in [3.8, 4) is 11.3 Å². The molecule has 0 aliphatic carbocycles. The van der Waals surface area contributed by atoms with Crippen LogP contribution < -0.4 is 5.73 Å². The lowest BCUT2D eigenvalue weighted by atomic mass is 9.94. The third kappa shape index (κ3) is 4.61. The van der Waals surface area contributed by atoms with Gasteiger partial charge in [-0.25, -0.2) is 17.8 Å². The van der Waals surface area contributed by atoms with E-state index in [1.54, 1.807) is 0 Å². The van der Waals surface area contributed by atoms with Crippen molar-refractivity contribution >= 4 is 33.2 Å². The van der Waals surface area contributed by atoms with Gasteiger partial charge in [-0.2, -0.15) is 0 Å². The molecule has 0 radical (unpaired) electrons. The van der Waals surface area contributed by atoms with Crippen LogP contribution in [0.4, 0.5) is 4.39 Å². The number of nitrogens with zero attached hydrogens (tertiary/aromatic N) is 2. The molecule has 9 heteroatoms. The number of rotatable bonds is 5. The lowest BCUT2D eigenvalue weighted by Gasteiger charge is -2.16. The zero-order valence-electron chi connectivity index (χ0n) is 16.9. The Balaban J connectivity index is 0.00000272. The minimum atomic E-state index is -3.55. The normalized spacial score (nSPS) is 12.5. The van der Waals surface area contributed by atoms with Gasteiger partial charge in [0.1, 0.15) is 11.5 Å². The van der Waals surface area contributed by atoms with Gasteiger partial charge in [-0.1, -0.05) is 35.5 Å². The van der Waals surface area contributed by atoms with Crippen LogP contribution >= 0.6 is 12.4 Å². The van der Waals surface area contributed by atoms with Crippen LogP contribution in [0.1, 0.15) is 22.9 Å². The van der Waals surface area contributed by atoms with Gasteiger partial charge in [0.2, 0.25) is 0 Å². The van der Waals surface area contributed by atoms with Crippen LogP contribution in [0.5, 0.6) is 0 Å². The Labute approximate surface area is 185 Å². The highest BCUT2D eigenvalue weighted by Gasteiger charge is 2.20. The first kappa shape index (κ1) is 22.9. The fraction of sp³-hybridized carbons (Fsp3) is 0.182. The summed E-state index contributed by atoms with van der Waals surface area (Å²) in [5.74, 6) is -0.599. The van der Waals surface area contributed by atoms with Gasteiger partial charge in [0.25, 0.3) is 0 Å². The lowest BCUT2D eigenvalue weighted by molar-refractivity contribution is 0.459. The van der Waals surface area contributed by atoms with Gasteiger partial charge in [-0.05, 0) is 42.3 Å². The quantitative estimate of drug-likeness (QED) is 0.472. The van der Waals surface area contributed by atoms with Crippen LogP contribution in [0.15, 0.2) is 64.1 Å². The summed E-state index contributed by atoms with van der Waals surface area (Å²) in [6.07, 6.45) is 1.06. The van der Waals surface area contributed by atoms with Crippen molar-refractivity contribution in [3.63, 3.8) is 0 Å². The molecule has 0 aliphatic rings. The molecule has 31 heavy (non-hydrogen) atoms. The maximum Gasteiger partial charge on any atom is 0.192 e. The van der Waals surface area contributed by atoms with E-state index >= 15 is 0 Å². The molecule has 4 rings (SSSR count). The maximum absolute atomic E-state index is 14.3. The van der Waals surface area contributed by atoms with E-state index in [2.05, 4.69) is 10.1 Å². The minimum Gasteiger partial charge on any atom is -0.356 e. The lowest BCUT2D eigenvalue weighted by Crippen LogP contribution is -2.17. The Hall–Kier alpha value is -2.81. The molecular formula is C22H21ClFN3O3S. The first-order chi connectivity index (χ1) is 14.2. The average Bonchev–Trinajstić information content (AvgIpc) is 3.11. The second-order valence-corrected chi connectivity index (χ2v) is 9.24. The van der Waals surface area contributed by atoms with Gasteiger partial charge in [0.05, 0.1) is 5.69 Å². The Morgan fingerprint density at radius 1 is 1.13 bits per heavy atom. The van der Waals surface area contributed by atoms with Crippen LogP contribution in [0.3, 0.4) is 0 Å². The summed E-state index contributed by atoms with van der Waals surface area (Å²) in [6.45, 7) is 1.97. The zero-order chi connectivity index (χ0) is 21.5. The fourth-order valence-corrected chi connectivity index (χ4v) is 4.00. The number of aromatic nitrogens is 2. The monoisotopic (exact) mass is 461 g/mol. The number of benzene rings is 2. The number of aryl methyl sites for hydroxylation is 1. The number of hydrogen-bond acceptors (Lipinski definition) is 6. The molecule has 0 fully saturated rings. The topological polar surface area (TPSA) is 99.1 Å². The SMILES string of the molecule is Cc1ccc2c(-c3ccccc3C(N)Cc3nc(S(C)(=O)=O)ccc3F)noc2c1.Cl. The van der Waals surface area contributed by atoms with Crippen molar-refractivity contribution in [2.75, 3.05) is 6.26 Å². The summed E-state index contributed by atoms with van der Waals surface area (Å²) in [7, 11) is -3.55. The van der Waals surface area contributed by atoms with Gasteiger partial charge < -0.3 is 10.3 Å². The van der Waals surface area contributed by atoms with E-state index in [-0.39, 0.29) is 29.5 Å². The number of hydrogen-bond donors (Lipinski definition) is 1. The minimum absolute atomic E-state index is 0. The number of halogens is 2. The molecule has 1 unspecified atom stereocenters. The molecule has 4 aromatic rings. The highest BCUT2D eigenvalue weighted by molar-refractivity contribution is 7.90. The molecule has 0 spiro atoms. The number of pyridine rings is 1. The Kier molecular flexibility index (Phi) is 6.45. The molecular weight excluding hydrogens is 441 g/mol. The molecule has 6 nitrogen and oxygen atoms in total. The van der Waals surface area contributed by atoms with Crippen LogP contribution in [-0.4, -0.2) is 24.8 Å². The number of fused-ring (bicyclic) bond motifs is 1. The summed E-state index contributed by atoms with van der Waals surface area (Å²) < 4.78 is 43.3. The van der Waals surface area contributed by atoms with E-state index in [1.165, 1.54) is 0 Å². The highest BCUT2D eigenvalue weighted by atomic mass is 35.5. The predicted molar refractivity (Wildman–Crippen MR) is 119 cm³/mol. The van der Waals surface area contributed by atoms with E-state index in [9.17, 15) is 12.8 Å². The van der Waals surface area contributed by atoms with E-state index < -0.39 is 21.7 Å². The molecule has 0 saturated carbocycles. The molecule has 1 atom stereocenters. The van der Waals surface area contributed by atoms with Crippen molar-refractivity contribution in [3.05, 3.63) is 77.2 Å². The van der Waals surface area contributed by atoms with Crippen molar-refractivity contribution in [2.24, 2.45) is 5.73 Å². The molecule has 2 aromatic heterocycles. The molecule has 0 aliphatic heterocycles. The summed E-state index contributed by atoms with van der Waals surface area (Å²) >= 11 is 0. The van der Waals surface area contributed by atoms with Gasteiger partial charge in [0.15, 0.2) is 20.4 Å². The van der Waals surface area contributed by atoms with Crippen LogP contribution in [0.25, 0.3) is 22.2 Å². The smallest absolute Gasteiger partial charge is 0.192 e. The van der Waals surface area contributed by atoms with Gasteiger partial charge in [-0.3, -0.25) is 0 Å². The third-order valence-corrected chi connectivity index (χ3v) is 5.92.